The number of hydrogen-bond acceptors (Lipinski definition) is 5. The van der Waals surface area contributed by atoms with Crippen LogP contribution in [0.3, 0.4) is 0 Å². The predicted octanol–water partition coefficient (Wildman–Crippen LogP) is 2.72. The molecule has 0 saturated carbocycles. The summed E-state index contributed by atoms with van der Waals surface area (Å²) in [5.74, 6) is -0.288. The van der Waals surface area contributed by atoms with Crippen LogP contribution in [0.1, 0.15) is 10.5 Å². The Kier molecular flexibility index (Phi) is 6.03. The molecule has 2 rings (SSSR count). The van der Waals surface area contributed by atoms with Gasteiger partial charge in [-0.2, -0.15) is 0 Å². The van der Waals surface area contributed by atoms with Gasteiger partial charge in [0.2, 0.25) is 0 Å². The maximum absolute atomic E-state index is 12.1. The summed E-state index contributed by atoms with van der Waals surface area (Å²) in [6.45, 7) is 1.19. The van der Waals surface area contributed by atoms with Crippen LogP contribution in [0.2, 0.25) is 5.02 Å². The fourth-order valence-electron chi connectivity index (χ4n) is 1.84. The largest absolute Gasteiger partial charge is 0.373 e. The first-order valence-electron chi connectivity index (χ1n) is 6.72. The number of para-hydroxylation sites is 1. The molecule has 1 N–H and O–H groups in total. The van der Waals surface area contributed by atoms with Crippen molar-refractivity contribution in [3.8, 4) is 0 Å². The van der Waals surface area contributed by atoms with Gasteiger partial charge in [-0.1, -0.05) is 41.6 Å². The van der Waals surface area contributed by atoms with Crippen LogP contribution in [0.15, 0.2) is 41.7 Å². The molecule has 1 amide bonds. The highest BCUT2D eigenvalue weighted by Gasteiger charge is 2.13. The maximum atomic E-state index is 12.1. The Labute approximate surface area is 139 Å². The third-order valence-corrected chi connectivity index (χ3v) is 3.89. The lowest BCUT2D eigenvalue weighted by molar-refractivity contribution is 0.0949. The summed E-state index contributed by atoms with van der Waals surface area (Å²) in [6.07, 6.45) is 3.30. The van der Waals surface area contributed by atoms with Crippen LogP contribution >= 0.6 is 23.4 Å². The molecule has 7 heteroatoms. The van der Waals surface area contributed by atoms with Gasteiger partial charge in [0.05, 0.1) is 11.2 Å². The molecule has 0 saturated heterocycles. The Bertz CT molecular complexity index is 639. The van der Waals surface area contributed by atoms with Gasteiger partial charge in [0, 0.05) is 25.8 Å². The van der Waals surface area contributed by atoms with Crippen LogP contribution < -0.4 is 10.2 Å². The van der Waals surface area contributed by atoms with Crippen molar-refractivity contribution in [2.45, 2.75) is 5.16 Å². The van der Waals surface area contributed by atoms with Crippen molar-refractivity contribution in [1.82, 2.24) is 15.3 Å². The van der Waals surface area contributed by atoms with Crippen LogP contribution in [0.4, 0.5) is 5.69 Å². The molecule has 0 aliphatic heterocycles. The lowest BCUT2D eigenvalue weighted by Gasteiger charge is -2.19. The summed E-state index contributed by atoms with van der Waals surface area (Å²) in [7, 11) is 1.98. The monoisotopic (exact) mass is 336 g/mol. The lowest BCUT2D eigenvalue weighted by Crippen LogP contribution is -2.33. The van der Waals surface area contributed by atoms with Crippen molar-refractivity contribution >= 4 is 35.0 Å². The summed E-state index contributed by atoms with van der Waals surface area (Å²) < 4.78 is 0. The SMILES string of the molecule is CSc1ncc(Cl)c(C(=O)NCCN(C)c2ccccc2)n1. The summed E-state index contributed by atoms with van der Waals surface area (Å²) in [5, 5.41) is 3.61. The van der Waals surface area contributed by atoms with Crippen LogP contribution in [0.25, 0.3) is 0 Å². The van der Waals surface area contributed by atoms with Crippen molar-refractivity contribution in [3.63, 3.8) is 0 Å². The average molecular weight is 337 g/mol. The Balaban J connectivity index is 1.90. The van der Waals surface area contributed by atoms with E-state index < -0.39 is 0 Å². The highest BCUT2D eigenvalue weighted by molar-refractivity contribution is 7.98. The second kappa shape index (κ2) is 8.00. The number of aromatic nitrogens is 2. The minimum Gasteiger partial charge on any atom is -0.373 e. The molecule has 0 bridgehead atoms. The minimum atomic E-state index is -0.288. The topological polar surface area (TPSA) is 58.1 Å². The predicted molar refractivity (Wildman–Crippen MR) is 90.9 cm³/mol. The number of carbonyl (C=O) groups is 1. The first kappa shape index (κ1) is 16.6. The lowest BCUT2D eigenvalue weighted by atomic mass is 10.3. The van der Waals surface area contributed by atoms with E-state index >= 15 is 0 Å². The highest BCUT2D eigenvalue weighted by Crippen LogP contribution is 2.16. The van der Waals surface area contributed by atoms with Crippen molar-refractivity contribution in [3.05, 3.63) is 47.2 Å². The molecule has 0 aliphatic rings. The molecule has 1 heterocycles. The van der Waals surface area contributed by atoms with Gasteiger partial charge in [0.1, 0.15) is 0 Å². The third-order valence-electron chi connectivity index (χ3n) is 3.05. The van der Waals surface area contributed by atoms with Crippen molar-refractivity contribution in [2.75, 3.05) is 31.3 Å². The van der Waals surface area contributed by atoms with E-state index in [0.717, 1.165) is 5.69 Å². The number of nitrogens with one attached hydrogen (secondary N) is 1. The van der Waals surface area contributed by atoms with Crippen molar-refractivity contribution < 1.29 is 4.79 Å². The number of hydrogen-bond donors (Lipinski definition) is 1. The van der Waals surface area contributed by atoms with Crippen LogP contribution in [-0.2, 0) is 0 Å². The number of halogens is 1. The van der Waals surface area contributed by atoms with Gasteiger partial charge < -0.3 is 10.2 Å². The third kappa shape index (κ3) is 4.35. The highest BCUT2D eigenvalue weighted by atomic mass is 35.5. The first-order valence-corrected chi connectivity index (χ1v) is 8.33. The quantitative estimate of drug-likeness (QED) is 0.649. The van der Waals surface area contributed by atoms with Crippen LogP contribution in [0, 0.1) is 0 Å². The number of likely N-dealkylation sites (N-methyl/N-ethyl adjacent to an activating group) is 1. The Hall–Kier alpha value is -1.79. The number of anilines is 1. The summed E-state index contributed by atoms with van der Waals surface area (Å²) in [4.78, 5) is 22.4. The van der Waals surface area contributed by atoms with Gasteiger partial charge in [-0.15, -0.1) is 0 Å². The molecule has 1 aromatic heterocycles. The zero-order valence-electron chi connectivity index (χ0n) is 12.4. The molecule has 0 aliphatic carbocycles. The number of thioether (sulfide) groups is 1. The fraction of sp³-hybridized carbons (Fsp3) is 0.267. The Morgan fingerprint density at radius 1 is 1.36 bits per heavy atom. The van der Waals surface area contributed by atoms with Gasteiger partial charge in [-0.25, -0.2) is 9.97 Å². The number of carbonyl (C=O) groups excluding carboxylic acids is 1. The van der Waals surface area contributed by atoms with Crippen LogP contribution in [-0.4, -0.2) is 42.3 Å². The summed E-state index contributed by atoms with van der Waals surface area (Å²) in [6, 6.07) is 9.98. The molecular weight excluding hydrogens is 320 g/mol. The molecule has 0 fully saturated rings. The van der Waals surface area contributed by atoms with Gasteiger partial charge in [0.15, 0.2) is 10.9 Å². The summed E-state index contributed by atoms with van der Waals surface area (Å²) in [5.41, 5.74) is 1.31. The molecular formula is C15H17ClN4OS. The smallest absolute Gasteiger partial charge is 0.271 e. The van der Waals surface area contributed by atoms with Crippen molar-refractivity contribution in [2.24, 2.45) is 0 Å². The molecule has 0 atom stereocenters. The second-order valence-electron chi connectivity index (χ2n) is 4.57. The second-order valence-corrected chi connectivity index (χ2v) is 5.75. The zero-order valence-corrected chi connectivity index (χ0v) is 14.0. The minimum absolute atomic E-state index is 0.211. The van der Waals surface area contributed by atoms with E-state index in [4.69, 9.17) is 11.6 Å². The molecule has 0 spiro atoms. The summed E-state index contributed by atoms with van der Waals surface area (Å²) >= 11 is 7.35. The molecule has 0 radical (unpaired) electrons. The molecule has 1 aromatic carbocycles. The van der Waals surface area contributed by atoms with E-state index in [1.807, 2.05) is 43.6 Å². The Morgan fingerprint density at radius 3 is 2.77 bits per heavy atom. The molecule has 5 nitrogen and oxygen atoms in total. The standard InChI is InChI=1S/C15H17ClN4OS/c1-20(11-6-4-3-5-7-11)9-8-17-14(21)13-12(16)10-18-15(19-13)22-2/h3-7,10H,8-9H2,1-2H3,(H,17,21). The van der Waals surface area contributed by atoms with E-state index in [0.29, 0.717) is 18.2 Å². The van der Waals surface area contributed by atoms with E-state index in [9.17, 15) is 4.79 Å². The van der Waals surface area contributed by atoms with E-state index in [-0.39, 0.29) is 16.6 Å². The van der Waals surface area contributed by atoms with Gasteiger partial charge in [0.25, 0.3) is 5.91 Å². The normalized spacial score (nSPS) is 10.3. The number of amides is 1. The van der Waals surface area contributed by atoms with E-state index in [2.05, 4.69) is 20.2 Å². The number of rotatable bonds is 6. The van der Waals surface area contributed by atoms with Crippen LogP contribution in [0.5, 0.6) is 0 Å². The van der Waals surface area contributed by atoms with Crippen molar-refractivity contribution in [1.29, 1.82) is 0 Å². The molecule has 0 unspecified atom stereocenters. The fourth-order valence-corrected chi connectivity index (χ4v) is 2.36. The number of benzene rings is 1. The average Bonchev–Trinajstić information content (AvgIpc) is 2.55. The van der Waals surface area contributed by atoms with E-state index in [1.165, 1.54) is 18.0 Å². The zero-order chi connectivity index (χ0) is 15.9. The first-order chi connectivity index (χ1) is 10.6. The molecule has 2 aromatic rings. The Morgan fingerprint density at radius 2 is 2.09 bits per heavy atom. The maximum Gasteiger partial charge on any atom is 0.271 e. The molecule has 116 valence electrons. The van der Waals surface area contributed by atoms with Gasteiger partial charge >= 0.3 is 0 Å². The van der Waals surface area contributed by atoms with Gasteiger partial charge in [-0.05, 0) is 18.4 Å². The molecule has 22 heavy (non-hydrogen) atoms. The van der Waals surface area contributed by atoms with E-state index in [1.54, 1.807) is 0 Å². The van der Waals surface area contributed by atoms with Gasteiger partial charge in [-0.3, -0.25) is 4.79 Å². The number of nitrogens with zero attached hydrogens (tertiary/aromatic N) is 3.